The van der Waals surface area contributed by atoms with E-state index < -0.39 is 23.4 Å². The topological polar surface area (TPSA) is 81.7 Å². The van der Waals surface area contributed by atoms with Crippen molar-refractivity contribution in [2.24, 2.45) is 0 Å². The molecule has 7 heteroatoms. The summed E-state index contributed by atoms with van der Waals surface area (Å²) >= 11 is 3.20. The lowest BCUT2D eigenvalue weighted by molar-refractivity contribution is -0.167. The number of nitrogens with one attached hydrogen (secondary N) is 1. The molecule has 0 aromatic heterocycles. The summed E-state index contributed by atoms with van der Waals surface area (Å²) in [5.41, 5.74) is -1.90. The van der Waals surface area contributed by atoms with Crippen molar-refractivity contribution in [3.63, 3.8) is 0 Å². The van der Waals surface area contributed by atoms with Crippen molar-refractivity contribution < 1.29 is 23.9 Å². The van der Waals surface area contributed by atoms with E-state index in [1.165, 1.54) is 19.1 Å². The Hall–Kier alpha value is -1.63. The standard InChI is InChI=1S/C14H20BrNO5/c1-5-11(15)8-9-14(16-10(4)17,12(18)20-6-2)13(19)21-7-3/h5,8H,1,6-7,9H2,2-4H3,(H,16,17)/b11-8-. The van der Waals surface area contributed by atoms with E-state index in [2.05, 4.69) is 27.8 Å². The fourth-order valence-corrected chi connectivity index (χ4v) is 1.71. The third-order valence-corrected chi connectivity index (χ3v) is 3.08. The smallest absolute Gasteiger partial charge is 0.344 e. The van der Waals surface area contributed by atoms with Gasteiger partial charge in [0.25, 0.3) is 0 Å². The molecule has 0 saturated carbocycles. The predicted molar refractivity (Wildman–Crippen MR) is 81.6 cm³/mol. The van der Waals surface area contributed by atoms with Gasteiger partial charge in [-0.15, -0.1) is 0 Å². The minimum absolute atomic E-state index is 0.0753. The van der Waals surface area contributed by atoms with Gasteiger partial charge >= 0.3 is 11.9 Å². The summed E-state index contributed by atoms with van der Waals surface area (Å²) in [5.74, 6) is -2.27. The molecule has 1 amide bonds. The van der Waals surface area contributed by atoms with Gasteiger partial charge in [0.2, 0.25) is 11.4 Å². The Kier molecular flexibility index (Phi) is 8.61. The minimum Gasteiger partial charge on any atom is -0.464 e. The van der Waals surface area contributed by atoms with E-state index in [0.717, 1.165) is 0 Å². The van der Waals surface area contributed by atoms with Gasteiger partial charge in [0.15, 0.2) is 0 Å². The third-order valence-electron chi connectivity index (χ3n) is 2.44. The van der Waals surface area contributed by atoms with Crippen LogP contribution in [0.4, 0.5) is 0 Å². The predicted octanol–water partition coefficient (Wildman–Crippen LogP) is 1.84. The number of hydrogen-bond donors (Lipinski definition) is 1. The zero-order valence-corrected chi connectivity index (χ0v) is 14.0. The molecular formula is C14H20BrNO5. The minimum atomic E-state index is -1.90. The molecule has 0 bridgehead atoms. The van der Waals surface area contributed by atoms with Gasteiger partial charge in [-0.05, 0) is 13.8 Å². The number of ether oxygens (including phenoxy) is 2. The molecule has 0 aliphatic rings. The second-order valence-corrected chi connectivity index (χ2v) is 4.94. The Morgan fingerprint density at radius 1 is 1.19 bits per heavy atom. The molecule has 0 aliphatic carbocycles. The van der Waals surface area contributed by atoms with Gasteiger partial charge < -0.3 is 14.8 Å². The maximum Gasteiger partial charge on any atom is 0.344 e. The molecule has 0 aromatic carbocycles. The largest absolute Gasteiger partial charge is 0.464 e. The van der Waals surface area contributed by atoms with Crippen LogP contribution in [0.15, 0.2) is 23.2 Å². The molecule has 0 aliphatic heterocycles. The number of carbonyl (C=O) groups is 3. The quantitative estimate of drug-likeness (QED) is 0.405. The lowest BCUT2D eigenvalue weighted by Gasteiger charge is -2.28. The van der Waals surface area contributed by atoms with Crippen molar-refractivity contribution in [2.75, 3.05) is 13.2 Å². The fourth-order valence-electron chi connectivity index (χ4n) is 1.55. The molecule has 0 fully saturated rings. The summed E-state index contributed by atoms with van der Waals surface area (Å²) in [7, 11) is 0. The van der Waals surface area contributed by atoms with Gasteiger partial charge in [-0.3, -0.25) is 4.79 Å². The van der Waals surface area contributed by atoms with Crippen LogP contribution in [0.1, 0.15) is 27.2 Å². The highest BCUT2D eigenvalue weighted by Crippen LogP contribution is 2.20. The van der Waals surface area contributed by atoms with Gasteiger partial charge in [0.1, 0.15) is 0 Å². The average Bonchev–Trinajstić information content (AvgIpc) is 2.42. The van der Waals surface area contributed by atoms with Crippen LogP contribution in [-0.2, 0) is 23.9 Å². The summed E-state index contributed by atoms with van der Waals surface area (Å²) in [4.78, 5) is 35.8. The zero-order valence-electron chi connectivity index (χ0n) is 12.4. The van der Waals surface area contributed by atoms with Crippen LogP contribution in [0.25, 0.3) is 0 Å². The van der Waals surface area contributed by atoms with E-state index in [4.69, 9.17) is 9.47 Å². The van der Waals surface area contributed by atoms with Crippen molar-refractivity contribution in [2.45, 2.75) is 32.7 Å². The second-order valence-electron chi connectivity index (χ2n) is 4.02. The van der Waals surface area contributed by atoms with E-state index in [1.54, 1.807) is 13.8 Å². The summed E-state index contributed by atoms with van der Waals surface area (Å²) in [6.45, 7) is 8.12. The van der Waals surface area contributed by atoms with Crippen LogP contribution in [0, 0.1) is 0 Å². The summed E-state index contributed by atoms with van der Waals surface area (Å²) in [5, 5.41) is 2.35. The van der Waals surface area contributed by atoms with Gasteiger partial charge in [-0.1, -0.05) is 34.7 Å². The van der Waals surface area contributed by atoms with Crippen molar-refractivity contribution >= 4 is 33.8 Å². The first-order chi connectivity index (χ1) is 9.83. The van der Waals surface area contributed by atoms with E-state index in [9.17, 15) is 14.4 Å². The molecule has 1 N–H and O–H groups in total. The maximum atomic E-state index is 12.2. The number of esters is 2. The lowest BCUT2D eigenvalue weighted by Crippen LogP contribution is -2.60. The number of carbonyl (C=O) groups excluding carboxylic acids is 3. The van der Waals surface area contributed by atoms with E-state index in [0.29, 0.717) is 4.48 Å². The molecule has 0 unspecified atom stereocenters. The van der Waals surface area contributed by atoms with Gasteiger partial charge in [-0.2, -0.15) is 0 Å². The highest BCUT2D eigenvalue weighted by molar-refractivity contribution is 9.11. The third kappa shape index (κ3) is 5.71. The number of rotatable bonds is 8. The molecule has 0 rings (SSSR count). The van der Waals surface area contributed by atoms with Crippen LogP contribution < -0.4 is 5.32 Å². The van der Waals surface area contributed by atoms with Gasteiger partial charge in [0, 0.05) is 17.8 Å². The average molecular weight is 362 g/mol. The van der Waals surface area contributed by atoms with Crippen molar-refractivity contribution in [3.05, 3.63) is 23.2 Å². The Bertz CT molecular complexity index is 427. The first-order valence-electron chi connectivity index (χ1n) is 6.45. The van der Waals surface area contributed by atoms with Crippen molar-refractivity contribution in [3.8, 4) is 0 Å². The Balaban J connectivity index is 5.69. The van der Waals surface area contributed by atoms with E-state index >= 15 is 0 Å². The summed E-state index contributed by atoms with van der Waals surface area (Å²) < 4.78 is 10.4. The van der Waals surface area contributed by atoms with Crippen molar-refractivity contribution in [1.29, 1.82) is 0 Å². The van der Waals surface area contributed by atoms with Crippen molar-refractivity contribution in [1.82, 2.24) is 5.32 Å². The van der Waals surface area contributed by atoms with Crippen LogP contribution in [0.5, 0.6) is 0 Å². The fraction of sp³-hybridized carbons (Fsp3) is 0.500. The van der Waals surface area contributed by atoms with Gasteiger partial charge in [0.05, 0.1) is 13.2 Å². The normalized spacial score (nSPS) is 11.5. The Morgan fingerprint density at radius 3 is 2.00 bits per heavy atom. The van der Waals surface area contributed by atoms with E-state index in [-0.39, 0.29) is 19.6 Å². The summed E-state index contributed by atoms with van der Waals surface area (Å²) in [6.07, 6.45) is 2.92. The molecule has 0 atom stereocenters. The van der Waals surface area contributed by atoms with Crippen LogP contribution >= 0.6 is 15.9 Å². The molecule has 6 nitrogen and oxygen atoms in total. The highest BCUT2D eigenvalue weighted by atomic mass is 79.9. The number of hydrogen-bond acceptors (Lipinski definition) is 5. The maximum absolute atomic E-state index is 12.2. The molecule has 118 valence electrons. The molecule has 0 aromatic rings. The SMILES string of the molecule is C=C/C(Br)=C/CC(NC(C)=O)(C(=O)OCC)C(=O)OCC. The van der Waals surface area contributed by atoms with E-state index in [1.807, 2.05) is 0 Å². The second kappa shape index (κ2) is 9.33. The molecular weight excluding hydrogens is 342 g/mol. The molecule has 0 spiro atoms. The zero-order chi connectivity index (χ0) is 16.5. The first-order valence-corrected chi connectivity index (χ1v) is 7.24. The molecule has 0 saturated heterocycles. The molecule has 0 radical (unpaired) electrons. The Morgan fingerprint density at radius 2 is 1.67 bits per heavy atom. The highest BCUT2D eigenvalue weighted by Gasteiger charge is 2.49. The lowest BCUT2D eigenvalue weighted by atomic mass is 9.94. The molecule has 0 heterocycles. The number of amides is 1. The van der Waals surface area contributed by atoms with Crippen LogP contribution in [0.2, 0.25) is 0 Å². The van der Waals surface area contributed by atoms with Crippen LogP contribution in [-0.4, -0.2) is 36.6 Å². The first kappa shape index (κ1) is 19.4. The number of halogens is 1. The Labute approximate surface area is 132 Å². The summed E-state index contributed by atoms with van der Waals surface area (Å²) in [6, 6.07) is 0. The monoisotopic (exact) mass is 361 g/mol. The van der Waals surface area contributed by atoms with Gasteiger partial charge in [-0.25, -0.2) is 9.59 Å². The number of allylic oxidation sites excluding steroid dienone is 2. The van der Waals surface area contributed by atoms with Crippen LogP contribution in [0.3, 0.4) is 0 Å². The molecule has 21 heavy (non-hydrogen) atoms.